The average Bonchev–Trinajstić information content (AvgIpc) is 3.42. The van der Waals surface area contributed by atoms with Gasteiger partial charge in [0.15, 0.2) is 5.13 Å². The lowest BCUT2D eigenvalue weighted by atomic mass is 9.95. The Hall–Kier alpha value is -4.57. The molecule has 1 amide bonds. The summed E-state index contributed by atoms with van der Waals surface area (Å²) in [4.78, 5) is 43.4. The molecular weight excluding hydrogens is 494 g/mol. The van der Waals surface area contributed by atoms with Gasteiger partial charge in [-0.05, 0) is 60.9 Å². The monoisotopic (exact) mass is 515 g/mol. The van der Waals surface area contributed by atoms with E-state index in [0.29, 0.717) is 27.5 Å². The molecule has 0 radical (unpaired) electrons. The second-order valence-electron chi connectivity index (χ2n) is 8.67. The van der Waals surface area contributed by atoms with Gasteiger partial charge in [0.25, 0.3) is 11.5 Å². The Balaban J connectivity index is 1.74. The number of ether oxygens (including phenoxy) is 1. The number of rotatable bonds is 5. The molecular formula is C27H21N3O6S. The molecule has 0 saturated carbocycles. The van der Waals surface area contributed by atoms with Crippen molar-refractivity contribution in [3.8, 4) is 5.75 Å². The molecule has 4 aromatic rings. The lowest BCUT2D eigenvalue weighted by Gasteiger charge is -2.23. The van der Waals surface area contributed by atoms with E-state index in [-0.39, 0.29) is 17.0 Å². The quantitative estimate of drug-likeness (QED) is 0.123. The van der Waals surface area contributed by atoms with Crippen molar-refractivity contribution in [3.05, 3.63) is 98.6 Å². The molecule has 0 bridgehead atoms. The van der Waals surface area contributed by atoms with Gasteiger partial charge >= 0.3 is 5.91 Å². The van der Waals surface area contributed by atoms with Crippen LogP contribution in [0.3, 0.4) is 0 Å². The highest BCUT2D eigenvalue weighted by atomic mass is 32.1. The normalized spacial score (nSPS) is 16.9. The number of hydrogen-bond donors (Lipinski definition) is 1. The Bertz CT molecular complexity index is 1620. The second-order valence-corrected chi connectivity index (χ2v) is 9.68. The fourth-order valence-corrected chi connectivity index (χ4v) is 5.68. The molecule has 5 rings (SSSR count). The highest BCUT2D eigenvalue weighted by Crippen LogP contribution is 2.45. The van der Waals surface area contributed by atoms with Gasteiger partial charge in [-0.15, -0.1) is 0 Å². The number of anilines is 1. The summed E-state index contributed by atoms with van der Waals surface area (Å²) >= 11 is 1.26. The van der Waals surface area contributed by atoms with Crippen LogP contribution in [0.4, 0.5) is 10.8 Å². The van der Waals surface area contributed by atoms with Gasteiger partial charge in [-0.25, -0.2) is 4.98 Å². The van der Waals surface area contributed by atoms with Crippen LogP contribution in [0, 0.1) is 24.0 Å². The van der Waals surface area contributed by atoms with Gasteiger partial charge in [-0.1, -0.05) is 29.5 Å². The van der Waals surface area contributed by atoms with Crippen molar-refractivity contribution in [1.29, 1.82) is 0 Å². The van der Waals surface area contributed by atoms with E-state index < -0.39 is 22.7 Å². The van der Waals surface area contributed by atoms with Gasteiger partial charge < -0.3 is 9.84 Å². The maximum atomic E-state index is 13.4. The number of amides is 1. The highest BCUT2D eigenvalue weighted by molar-refractivity contribution is 7.22. The number of carbonyl (C=O) groups excluding carboxylic acids is 2. The molecule has 1 aliphatic heterocycles. The Morgan fingerprint density at radius 3 is 2.51 bits per heavy atom. The summed E-state index contributed by atoms with van der Waals surface area (Å²) in [7, 11) is 1.48. The summed E-state index contributed by atoms with van der Waals surface area (Å²) in [6.45, 7) is 3.88. The molecule has 0 aliphatic carbocycles. The molecule has 9 nitrogen and oxygen atoms in total. The number of methoxy groups -OCH3 is 1. The first-order valence-corrected chi connectivity index (χ1v) is 12.1. The third-order valence-electron chi connectivity index (χ3n) is 6.23. The van der Waals surface area contributed by atoms with Crippen LogP contribution in [0.2, 0.25) is 0 Å². The zero-order chi connectivity index (χ0) is 26.4. The minimum atomic E-state index is -1.05. The molecule has 0 spiro atoms. The summed E-state index contributed by atoms with van der Waals surface area (Å²) < 4.78 is 6.09. The van der Waals surface area contributed by atoms with E-state index in [1.54, 1.807) is 24.3 Å². The molecule has 1 aromatic heterocycles. The topological polar surface area (TPSA) is 123 Å². The fraction of sp³-hybridized carbons (Fsp3) is 0.148. The van der Waals surface area contributed by atoms with Gasteiger partial charge in [0.05, 0.1) is 33.9 Å². The van der Waals surface area contributed by atoms with Gasteiger partial charge in [0, 0.05) is 17.7 Å². The van der Waals surface area contributed by atoms with Crippen LogP contribution in [-0.2, 0) is 9.59 Å². The zero-order valence-electron chi connectivity index (χ0n) is 20.1. The largest absolute Gasteiger partial charge is 0.507 e. The molecule has 1 atom stereocenters. The number of aromatic nitrogens is 1. The number of non-ortho nitro benzene ring substituents is 1. The second kappa shape index (κ2) is 9.14. The third-order valence-corrected chi connectivity index (χ3v) is 7.23. The predicted molar refractivity (Wildman–Crippen MR) is 140 cm³/mol. The van der Waals surface area contributed by atoms with Gasteiger partial charge in [0.2, 0.25) is 0 Å². The van der Waals surface area contributed by atoms with Crippen molar-refractivity contribution >= 4 is 49.8 Å². The average molecular weight is 516 g/mol. The molecule has 1 aliphatic rings. The standard InChI is InChI=1S/C27H21N3O6S/c1-14-11-15(2)22-20(12-14)37-27(28-22)29-23(16-7-9-18(10-8-16)30(34)35)21(25(32)26(29)33)24(31)17-5-4-6-19(13-17)36-3/h4-13,23,31H,1-3H3. The number of nitrogens with zero attached hydrogens (tertiary/aromatic N) is 3. The summed E-state index contributed by atoms with van der Waals surface area (Å²) in [6.07, 6.45) is 0. The molecule has 10 heteroatoms. The predicted octanol–water partition coefficient (Wildman–Crippen LogP) is 5.46. The molecule has 37 heavy (non-hydrogen) atoms. The van der Waals surface area contributed by atoms with Crippen molar-refractivity contribution in [2.24, 2.45) is 0 Å². The van der Waals surface area contributed by atoms with Crippen LogP contribution >= 0.6 is 11.3 Å². The van der Waals surface area contributed by atoms with E-state index >= 15 is 0 Å². The van der Waals surface area contributed by atoms with Crippen molar-refractivity contribution in [3.63, 3.8) is 0 Å². The Morgan fingerprint density at radius 2 is 1.84 bits per heavy atom. The summed E-state index contributed by atoms with van der Waals surface area (Å²) in [5.41, 5.74) is 3.10. The van der Waals surface area contributed by atoms with Crippen LogP contribution in [0.25, 0.3) is 16.0 Å². The van der Waals surface area contributed by atoms with Crippen LogP contribution < -0.4 is 9.64 Å². The summed E-state index contributed by atoms with van der Waals surface area (Å²) in [5.74, 6) is -1.64. The first-order valence-electron chi connectivity index (χ1n) is 11.3. The van der Waals surface area contributed by atoms with Gasteiger partial charge in [0.1, 0.15) is 11.5 Å². The van der Waals surface area contributed by atoms with Gasteiger partial charge in [-0.3, -0.25) is 24.6 Å². The summed E-state index contributed by atoms with van der Waals surface area (Å²) in [6, 6.07) is 14.9. The molecule has 1 saturated heterocycles. The third kappa shape index (κ3) is 4.11. The molecule has 1 N–H and O–H groups in total. The number of nitro groups is 1. The van der Waals surface area contributed by atoms with Crippen molar-refractivity contribution in [1.82, 2.24) is 4.98 Å². The number of benzene rings is 3. The lowest BCUT2D eigenvalue weighted by molar-refractivity contribution is -0.384. The lowest BCUT2D eigenvalue weighted by Crippen LogP contribution is -2.29. The first kappa shape index (κ1) is 24.1. The molecule has 2 heterocycles. The van der Waals surface area contributed by atoms with E-state index in [1.165, 1.54) is 47.6 Å². The van der Waals surface area contributed by atoms with E-state index in [2.05, 4.69) is 4.98 Å². The number of fused-ring (bicyclic) bond motifs is 1. The number of ketones is 1. The van der Waals surface area contributed by atoms with Crippen LogP contribution in [-0.4, -0.2) is 33.8 Å². The maximum Gasteiger partial charge on any atom is 0.301 e. The van der Waals surface area contributed by atoms with Crippen molar-refractivity contribution < 1.29 is 24.4 Å². The number of thiazole rings is 1. The molecule has 1 fully saturated rings. The number of nitro benzene ring substituents is 1. The Labute approximate surface area is 215 Å². The Morgan fingerprint density at radius 1 is 1.11 bits per heavy atom. The minimum absolute atomic E-state index is 0.139. The highest BCUT2D eigenvalue weighted by Gasteiger charge is 2.48. The smallest absolute Gasteiger partial charge is 0.301 e. The molecule has 186 valence electrons. The summed E-state index contributed by atoms with van der Waals surface area (Å²) in [5, 5.41) is 22.8. The van der Waals surface area contributed by atoms with Crippen molar-refractivity contribution in [2.45, 2.75) is 19.9 Å². The Kier molecular flexibility index (Phi) is 5.96. The minimum Gasteiger partial charge on any atom is -0.507 e. The first-order chi connectivity index (χ1) is 17.7. The number of aryl methyl sites for hydroxylation is 2. The van der Waals surface area contributed by atoms with Crippen LogP contribution in [0.15, 0.2) is 66.2 Å². The van der Waals surface area contributed by atoms with Crippen LogP contribution in [0.5, 0.6) is 5.75 Å². The molecule has 1 unspecified atom stereocenters. The molecule has 3 aromatic carbocycles. The van der Waals surface area contributed by atoms with E-state index in [1.807, 2.05) is 26.0 Å². The number of carbonyl (C=O) groups is 2. The zero-order valence-corrected chi connectivity index (χ0v) is 20.9. The van der Waals surface area contributed by atoms with E-state index in [9.17, 15) is 24.8 Å². The van der Waals surface area contributed by atoms with Gasteiger partial charge in [-0.2, -0.15) is 0 Å². The van der Waals surface area contributed by atoms with E-state index in [0.717, 1.165) is 15.8 Å². The SMILES string of the molecule is COc1cccc(C(O)=C2C(=O)C(=O)N(c3nc4c(C)cc(C)cc4s3)C2c2ccc([N+](=O)[O-])cc2)c1. The fourth-order valence-electron chi connectivity index (χ4n) is 4.51. The number of aliphatic hydroxyl groups is 1. The number of aliphatic hydroxyl groups excluding tert-OH is 1. The van der Waals surface area contributed by atoms with Crippen molar-refractivity contribution in [2.75, 3.05) is 12.0 Å². The number of Topliss-reactive ketones (excluding diaryl/α,β-unsaturated/α-hetero) is 1. The number of hydrogen-bond acceptors (Lipinski definition) is 8. The maximum absolute atomic E-state index is 13.4. The van der Waals surface area contributed by atoms with Crippen LogP contribution in [0.1, 0.15) is 28.3 Å². The van der Waals surface area contributed by atoms with E-state index in [4.69, 9.17) is 4.74 Å².